The molecule has 10 aromatic rings. The van der Waals surface area contributed by atoms with Gasteiger partial charge in [0.2, 0.25) is 0 Å². The van der Waals surface area contributed by atoms with Crippen molar-refractivity contribution in [3.8, 4) is 50.9 Å². The summed E-state index contributed by atoms with van der Waals surface area (Å²) < 4.78 is 80.8. The van der Waals surface area contributed by atoms with Crippen LogP contribution >= 0.6 is 0 Å². The van der Waals surface area contributed by atoms with Gasteiger partial charge in [0.25, 0.3) is 6.33 Å². The summed E-state index contributed by atoms with van der Waals surface area (Å²) in [6.07, 6.45) is 5.17. The van der Waals surface area contributed by atoms with Gasteiger partial charge in [-0.1, -0.05) is 192 Å². The first-order chi connectivity index (χ1) is 36.4. The molecular weight excluding hydrogens is 853 g/mol. The van der Waals surface area contributed by atoms with E-state index in [9.17, 15) is 0 Å². The normalized spacial score (nSPS) is 14.5. The van der Waals surface area contributed by atoms with Crippen molar-refractivity contribution in [3.05, 3.63) is 198 Å². The zero-order valence-corrected chi connectivity index (χ0v) is 42.4. The molecule has 0 radical (unpaired) electrons. The predicted molar refractivity (Wildman–Crippen MR) is 293 cm³/mol. The second-order valence-corrected chi connectivity index (χ2v) is 22.7. The van der Waals surface area contributed by atoms with Crippen LogP contribution in [0.25, 0.3) is 72.3 Å². The number of aryl methyl sites for hydroxylation is 1. The van der Waals surface area contributed by atoms with E-state index in [1.165, 1.54) is 40.1 Å². The first-order valence-corrected chi connectivity index (χ1v) is 24.1. The first-order valence-electron chi connectivity index (χ1n) is 28.1. The number of rotatable bonds is 7. The highest BCUT2D eigenvalue weighted by molar-refractivity contribution is 6.09. The van der Waals surface area contributed by atoms with Gasteiger partial charge in [0, 0.05) is 32.7 Å². The number of hydrogen-bond acceptors (Lipinski definition) is 2. The fraction of sp³-hybridized carbons (Fsp3) is 0.262. The number of fused-ring (bicyclic) bond motifs is 4. The number of imidazole rings is 1. The Morgan fingerprint density at radius 1 is 0.557 bits per heavy atom. The third-order valence-electron chi connectivity index (χ3n) is 13.4. The Bertz CT molecular complexity index is 3980. The standard InChI is InChI=1S/C65H66N4O/c1-42-32-60(66-40-54(42)43-22-15-14-16-23-43)69-56-27-18-17-26-51(56)52-31-30-50(39-59(52)69)70-49-25-21-24-48(38-49)67-41-68(58-29-20-19-28-57(58)67)61-53(36-47(64(8,9)10)37-55(61)65(11,12)13)44-33-45(62(2,3)4)35-46(34-44)63(5,6)7/h14-40H,1-13H3/i1D3,14D,15D,16D,22D,23D. The molecule has 0 aliphatic rings. The highest BCUT2D eigenvalue weighted by Crippen LogP contribution is 2.42. The molecule has 3 heterocycles. The van der Waals surface area contributed by atoms with E-state index in [0.717, 1.165) is 44.3 Å². The summed E-state index contributed by atoms with van der Waals surface area (Å²) in [5.41, 5.74) is 11.7. The third-order valence-corrected chi connectivity index (χ3v) is 13.4. The smallest absolute Gasteiger partial charge is 0.269 e. The Hall–Kier alpha value is -7.24. The number of ether oxygens (including phenoxy) is 1. The van der Waals surface area contributed by atoms with E-state index < -0.39 is 37.1 Å². The van der Waals surface area contributed by atoms with Gasteiger partial charge in [0.05, 0.1) is 40.3 Å². The van der Waals surface area contributed by atoms with E-state index in [1.807, 2.05) is 65.2 Å². The molecule has 0 atom stereocenters. The number of aromatic nitrogens is 4. The number of nitrogens with zero attached hydrogens (tertiary/aromatic N) is 4. The Kier molecular flexibility index (Phi) is 9.15. The van der Waals surface area contributed by atoms with Gasteiger partial charge in [-0.2, -0.15) is 0 Å². The summed E-state index contributed by atoms with van der Waals surface area (Å²) in [6, 6.07) is 40.6. The van der Waals surface area contributed by atoms with Crippen LogP contribution < -0.4 is 9.30 Å². The van der Waals surface area contributed by atoms with E-state index in [-0.39, 0.29) is 44.2 Å². The SMILES string of the molecule is [2H]c1c([2H])c([2H])c(-c2cnc(-n3c4ccccc4c4ccc(Oc5cccc(-n6[c-][n+](-c7c(-c8cc(C(C)(C)C)cc(C(C)(C)C)c8)cc(C(C)(C)C)cc7C(C)(C)C)c7ccccc76)c5)cc43)cc2C([2H])([2H])[2H])c([2H])c1[2H]. The Labute approximate surface area is 426 Å². The fourth-order valence-electron chi connectivity index (χ4n) is 9.40. The monoisotopic (exact) mass is 927 g/mol. The van der Waals surface area contributed by atoms with Gasteiger partial charge in [-0.05, 0) is 115 Å². The van der Waals surface area contributed by atoms with Gasteiger partial charge in [-0.25, -0.2) is 4.98 Å². The maximum atomic E-state index is 8.66. The van der Waals surface area contributed by atoms with Gasteiger partial charge < -0.3 is 4.74 Å². The minimum atomic E-state index is -2.74. The predicted octanol–water partition coefficient (Wildman–Crippen LogP) is 16.8. The zero-order chi connectivity index (χ0) is 56.3. The minimum Gasteiger partial charge on any atom is -0.458 e. The van der Waals surface area contributed by atoms with Crippen molar-refractivity contribution in [2.45, 2.75) is 112 Å². The maximum Gasteiger partial charge on any atom is 0.269 e. The van der Waals surface area contributed by atoms with Crippen LogP contribution in [-0.4, -0.2) is 14.1 Å². The van der Waals surface area contributed by atoms with E-state index in [1.54, 1.807) is 0 Å². The summed E-state index contributed by atoms with van der Waals surface area (Å²) in [5, 5.41) is 1.78. The molecule has 70 heavy (non-hydrogen) atoms. The Morgan fingerprint density at radius 2 is 1.20 bits per heavy atom. The number of hydrogen-bond donors (Lipinski definition) is 0. The lowest BCUT2D eigenvalue weighted by atomic mass is 9.75. The number of pyridine rings is 1. The van der Waals surface area contributed by atoms with Crippen molar-refractivity contribution in [1.29, 1.82) is 0 Å². The summed E-state index contributed by atoms with van der Waals surface area (Å²) >= 11 is 0. The van der Waals surface area contributed by atoms with Gasteiger partial charge >= 0.3 is 0 Å². The lowest BCUT2D eigenvalue weighted by Crippen LogP contribution is -2.35. The van der Waals surface area contributed by atoms with Crippen molar-refractivity contribution in [3.63, 3.8) is 0 Å². The van der Waals surface area contributed by atoms with Crippen LogP contribution in [-0.2, 0) is 21.7 Å². The van der Waals surface area contributed by atoms with Crippen LogP contribution in [0.4, 0.5) is 0 Å². The van der Waals surface area contributed by atoms with Gasteiger partial charge in [-0.3, -0.25) is 13.7 Å². The van der Waals surface area contributed by atoms with Crippen LogP contribution in [0.15, 0.2) is 164 Å². The van der Waals surface area contributed by atoms with Crippen molar-refractivity contribution >= 4 is 32.8 Å². The number of benzene rings is 7. The molecule has 0 fully saturated rings. The summed E-state index contributed by atoms with van der Waals surface area (Å²) in [7, 11) is 0. The molecule has 10 rings (SSSR count). The van der Waals surface area contributed by atoms with Crippen LogP contribution in [0.2, 0.25) is 0 Å². The van der Waals surface area contributed by atoms with Crippen molar-refractivity contribution in [2.24, 2.45) is 0 Å². The van der Waals surface area contributed by atoms with Crippen LogP contribution in [0, 0.1) is 13.2 Å². The maximum absolute atomic E-state index is 8.66. The van der Waals surface area contributed by atoms with Crippen molar-refractivity contribution < 1.29 is 20.3 Å². The molecule has 0 unspecified atom stereocenters. The molecule has 7 aromatic carbocycles. The lowest BCUT2D eigenvalue weighted by Gasteiger charge is -2.31. The molecule has 3 aromatic heterocycles. The molecule has 0 bridgehead atoms. The molecule has 0 spiro atoms. The van der Waals surface area contributed by atoms with E-state index in [4.69, 9.17) is 20.7 Å². The van der Waals surface area contributed by atoms with E-state index >= 15 is 0 Å². The molecule has 0 saturated heterocycles. The molecular formula is C65H66N4O. The van der Waals surface area contributed by atoms with E-state index in [2.05, 4.69) is 159 Å². The largest absolute Gasteiger partial charge is 0.458 e. The van der Waals surface area contributed by atoms with Crippen LogP contribution in [0.1, 0.15) is 122 Å². The average Bonchev–Trinajstić information content (AvgIpc) is 4.07. The lowest BCUT2D eigenvalue weighted by molar-refractivity contribution is -0.572. The topological polar surface area (TPSA) is 35.9 Å². The molecule has 352 valence electrons. The van der Waals surface area contributed by atoms with Crippen LogP contribution in [0.5, 0.6) is 11.5 Å². The van der Waals surface area contributed by atoms with Gasteiger partial charge in [-0.15, -0.1) is 0 Å². The second kappa shape index (κ2) is 17.0. The molecule has 5 nitrogen and oxygen atoms in total. The van der Waals surface area contributed by atoms with Crippen molar-refractivity contribution in [1.82, 2.24) is 14.1 Å². The summed E-state index contributed by atoms with van der Waals surface area (Å²) in [6.45, 7) is 24.7. The minimum absolute atomic E-state index is 0.0623. The Balaban J connectivity index is 1.11. The molecule has 0 N–H and O–H groups in total. The molecule has 0 aliphatic carbocycles. The summed E-state index contributed by atoms with van der Waals surface area (Å²) in [4.78, 5) is 4.75. The van der Waals surface area contributed by atoms with Gasteiger partial charge in [0.1, 0.15) is 17.3 Å². The fourth-order valence-corrected chi connectivity index (χ4v) is 9.40. The molecule has 0 saturated carbocycles. The average molecular weight is 927 g/mol. The zero-order valence-electron chi connectivity index (χ0n) is 50.4. The highest BCUT2D eigenvalue weighted by Gasteiger charge is 2.30. The van der Waals surface area contributed by atoms with Gasteiger partial charge in [0.15, 0.2) is 0 Å². The first kappa shape index (κ1) is 37.6. The second-order valence-electron chi connectivity index (χ2n) is 22.7. The summed E-state index contributed by atoms with van der Waals surface area (Å²) in [5.74, 6) is 1.38. The molecule has 5 heteroatoms. The van der Waals surface area contributed by atoms with Crippen LogP contribution in [0.3, 0.4) is 0 Å². The third kappa shape index (κ3) is 8.61. The quantitative estimate of drug-likeness (QED) is 0.118. The number of para-hydroxylation sites is 3. The van der Waals surface area contributed by atoms with Crippen molar-refractivity contribution in [2.75, 3.05) is 0 Å². The highest BCUT2D eigenvalue weighted by atomic mass is 16.5. The molecule has 0 amide bonds. The van der Waals surface area contributed by atoms with E-state index in [0.29, 0.717) is 17.0 Å². The Morgan fingerprint density at radius 3 is 1.89 bits per heavy atom. The molecule has 0 aliphatic heterocycles.